The van der Waals surface area contributed by atoms with E-state index in [1.54, 1.807) is 6.07 Å². The third-order valence-corrected chi connectivity index (χ3v) is 5.19. The van der Waals surface area contributed by atoms with E-state index >= 15 is 0 Å². The summed E-state index contributed by atoms with van der Waals surface area (Å²) < 4.78 is 6.08. The first-order chi connectivity index (χ1) is 14.3. The van der Waals surface area contributed by atoms with Crippen LogP contribution in [0.2, 0.25) is 0 Å². The van der Waals surface area contributed by atoms with Gasteiger partial charge in [0.1, 0.15) is 5.75 Å². The molecular weight excluding hydrogens is 358 g/mol. The second kappa shape index (κ2) is 7.28. The van der Waals surface area contributed by atoms with Crippen LogP contribution in [0.5, 0.6) is 11.5 Å². The minimum absolute atomic E-state index is 0.150. The smallest absolute Gasteiger partial charge is 0.259 e. The number of hydrogen-bond donors (Lipinski definition) is 1. The van der Waals surface area contributed by atoms with Gasteiger partial charge in [0.2, 0.25) is 0 Å². The first kappa shape index (κ1) is 17.3. The van der Waals surface area contributed by atoms with Crippen LogP contribution in [0, 0.1) is 0 Å². The largest absolute Gasteiger partial charge is 0.454 e. The van der Waals surface area contributed by atoms with Crippen LogP contribution in [0.3, 0.4) is 0 Å². The molecule has 0 radical (unpaired) electrons. The molecule has 0 atom stereocenters. The number of amides is 1. The number of nitrogens with one attached hydrogen (secondary N) is 1. The maximum Gasteiger partial charge on any atom is 0.259 e. The predicted octanol–water partition coefficient (Wildman–Crippen LogP) is 6.30. The quantitative estimate of drug-likeness (QED) is 0.455. The van der Waals surface area contributed by atoms with Crippen LogP contribution >= 0.6 is 0 Å². The number of benzene rings is 4. The van der Waals surface area contributed by atoms with E-state index in [2.05, 4.69) is 35.6 Å². The number of carbonyl (C=O) groups is 1. The number of rotatable bonds is 3. The molecule has 0 spiro atoms. The van der Waals surface area contributed by atoms with Gasteiger partial charge in [0.25, 0.3) is 5.91 Å². The molecule has 3 nitrogen and oxygen atoms in total. The van der Waals surface area contributed by atoms with E-state index < -0.39 is 0 Å². The highest BCUT2D eigenvalue weighted by atomic mass is 16.5. The van der Waals surface area contributed by atoms with Gasteiger partial charge in [-0.2, -0.15) is 0 Å². The normalized spacial score (nSPS) is 12.2. The fourth-order valence-corrected chi connectivity index (χ4v) is 3.77. The Kier molecular flexibility index (Phi) is 4.34. The van der Waals surface area contributed by atoms with Crippen molar-refractivity contribution in [2.24, 2.45) is 0 Å². The molecule has 0 aromatic heterocycles. The first-order valence-electron chi connectivity index (χ1n) is 9.63. The Balaban J connectivity index is 1.56. The van der Waals surface area contributed by atoms with Crippen molar-refractivity contribution in [1.82, 2.24) is 0 Å². The van der Waals surface area contributed by atoms with Crippen molar-refractivity contribution in [2.45, 2.75) is 6.42 Å². The molecule has 1 aliphatic rings. The van der Waals surface area contributed by atoms with Crippen molar-refractivity contribution in [2.75, 3.05) is 5.32 Å². The molecule has 5 rings (SSSR count). The standard InChI is InChI=1S/C26H19NO2/c28-26-22-14-6-7-15-23(22)29-24-16-8-12-20(25(24)27-26)17-19-11-4-5-13-21(19)18-9-2-1-3-10-18/h1-16H,17H2,(H,27,28). The molecule has 0 saturated carbocycles. The summed E-state index contributed by atoms with van der Waals surface area (Å²) in [6.07, 6.45) is 0.689. The fraction of sp³-hybridized carbons (Fsp3) is 0.0385. The molecule has 1 aliphatic heterocycles. The summed E-state index contributed by atoms with van der Waals surface area (Å²) in [7, 11) is 0. The number of carbonyl (C=O) groups excluding carboxylic acids is 1. The summed E-state index contributed by atoms with van der Waals surface area (Å²) >= 11 is 0. The fourth-order valence-electron chi connectivity index (χ4n) is 3.77. The van der Waals surface area contributed by atoms with Crippen molar-refractivity contribution in [3.63, 3.8) is 0 Å². The lowest BCUT2D eigenvalue weighted by Gasteiger charge is -2.15. The van der Waals surface area contributed by atoms with Gasteiger partial charge in [0, 0.05) is 6.42 Å². The average molecular weight is 377 g/mol. The van der Waals surface area contributed by atoms with Gasteiger partial charge in [0.15, 0.2) is 5.75 Å². The van der Waals surface area contributed by atoms with Crippen LogP contribution in [-0.4, -0.2) is 5.91 Å². The van der Waals surface area contributed by atoms with Crippen LogP contribution in [0.15, 0.2) is 97.1 Å². The van der Waals surface area contributed by atoms with Crippen LogP contribution in [-0.2, 0) is 6.42 Å². The molecule has 0 aliphatic carbocycles. The Labute approximate surface area is 169 Å². The van der Waals surface area contributed by atoms with Crippen molar-refractivity contribution in [1.29, 1.82) is 0 Å². The van der Waals surface area contributed by atoms with Gasteiger partial charge in [-0.15, -0.1) is 0 Å². The zero-order valence-electron chi connectivity index (χ0n) is 15.8. The van der Waals surface area contributed by atoms with Crippen LogP contribution in [0.1, 0.15) is 21.5 Å². The van der Waals surface area contributed by atoms with E-state index in [-0.39, 0.29) is 5.91 Å². The number of hydrogen-bond acceptors (Lipinski definition) is 2. The molecule has 0 bridgehead atoms. The molecule has 1 N–H and O–H groups in total. The molecule has 1 heterocycles. The number of ether oxygens (including phenoxy) is 1. The molecule has 3 heteroatoms. The summed E-state index contributed by atoms with van der Waals surface area (Å²) in [5.74, 6) is 1.09. The van der Waals surface area contributed by atoms with E-state index in [4.69, 9.17) is 4.74 Å². The average Bonchev–Trinajstić information content (AvgIpc) is 2.91. The predicted molar refractivity (Wildman–Crippen MR) is 116 cm³/mol. The molecule has 29 heavy (non-hydrogen) atoms. The van der Waals surface area contributed by atoms with E-state index in [1.807, 2.05) is 60.7 Å². The Morgan fingerprint density at radius 2 is 1.28 bits per heavy atom. The minimum atomic E-state index is -0.150. The Morgan fingerprint density at radius 3 is 2.14 bits per heavy atom. The summed E-state index contributed by atoms with van der Waals surface area (Å²) in [4.78, 5) is 12.8. The lowest BCUT2D eigenvalue weighted by molar-refractivity contribution is 0.102. The first-order valence-corrected chi connectivity index (χ1v) is 9.63. The van der Waals surface area contributed by atoms with E-state index in [9.17, 15) is 4.79 Å². The Bertz CT molecular complexity index is 1200. The summed E-state index contributed by atoms with van der Waals surface area (Å²) in [6, 6.07) is 31.9. The molecular formula is C26H19NO2. The minimum Gasteiger partial charge on any atom is -0.454 e. The summed E-state index contributed by atoms with van der Waals surface area (Å²) in [6.45, 7) is 0. The van der Waals surface area contributed by atoms with Gasteiger partial charge < -0.3 is 10.1 Å². The van der Waals surface area contributed by atoms with Gasteiger partial charge in [0.05, 0.1) is 11.3 Å². The summed E-state index contributed by atoms with van der Waals surface area (Å²) in [5.41, 5.74) is 5.86. The molecule has 0 unspecified atom stereocenters. The van der Waals surface area contributed by atoms with Gasteiger partial charge in [-0.25, -0.2) is 0 Å². The lowest BCUT2D eigenvalue weighted by Crippen LogP contribution is -2.12. The highest BCUT2D eigenvalue weighted by Crippen LogP contribution is 2.39. The second-order valence-electron chi connectivity index (χ2n) is 7.04. The molecule has 4 aromatic carbocycles. The van der Waals surface area contributed by atoms with E-state index in [1.165, 1.54) is 16.7 Å². The third kappa shape index (κ3) is 3.27. The second-order valence-corrected chi connectivity index (χ2v) is 7.04. The summed E-state index contributed by atoms with van der Waals surface area (Å²) in [5, 5.41) is 3.06. The topological polar surface area (TPSA) is 38.3 Å². The van der Waals surface area contributed by atoms with Gasteiger partial charge in [-0.3, -0.25) is 4.79 Å². The lowest BCUT2D eigenvalue weighted by atomic mass is 9.94. The number of anilines is 1. The Hall–Kier alpha value is -3.85. The maximum atomic E-state index is 12.8. The molecule has 140 valence electrons. The van der Waals surface area contributed by atoms with Gasteiger partial charge >= 0.3 is 0 Å². The van der Waals surface area contributed by atoms with Gasteiger partial charge in [-0.05, 0) is 40.5 Å². The molecule has 4 aromatic rings. The third-order valence-electron chi connectivity index (χ3n) is 5.19. The zero-order chi connectivity index (χ0) is 19.6. The number of fused-ring (bicyclic) bond motifs is 2. The maximum absolute atomic E-state index is 12.8. The highest BCUT2D eigenvalue weighted by Gasteiger charge is 2.22. The van der Waals surface area contributed by atoms with Gasteiger partial charge in [-0.1, -0.05) is 78.9 Å². The molecule has 1 amide bonds. The molecule has 0 saturated heterocycles. The zero-order valence-corrected chi connectivity index (χ0v) is 15.8. The highest BCUT2D eigenvalue weighted by molar-refractivity contribution is 6.08. The monoisotopic (exact) mass is 377 g/mol. The van der Waals surface area contributed by atoms with Crippen molar-refractivity contribution in [3.8, 4) is 22.6 Å². The van der Waals surface area contributed by atoms with Crippen molar-refractivity contribution in [3.05, 3.63) is 114 Å². The van der Waals surface area contributed by atoms with Crippen molar-refractivity contribution < 1.29 is 9.53 Å². The molecule has 0 fully saturated rings. The van der Waals surface area contributed by atoms with E-state index in [0.29, 0.717) is 23.5 Å². The van der Waals surface area contributed by atoms with Crippen molar-refractivity contribution >= 4 is 11.6 Å². The van der Waals surface area contributed by atoms with Crippen LogP contribution < -0.4 is 10.1 Å². The number of para-hydroxylation sites is 2. The SMILES string of the molecule is O=C1Nc2c(Cc3ccccc3-c3ccccc3)cccc2Oc2ccccc21. The van der Waals surface area contributed by atoms with Crippen LogP contribution in [0.4, 0.5) is 5.69 Å². The van der Waals surface area contributed by atoms with Crippen LogP contribution in [0.25, 0.3) is 11.1 Å². The Morgan fingerprint density at radius 1 is 0.621 bits per heavy atom. The van der Waals surface area contributed by atoms with E-state index in [0.717, 1.165) is 11.3 Å².